The maximum Gasteiger partial charge on any atom is 0.229 e. The van der Waals surface area contributed by atoms with Crippen molar-refractivity contribution in [1.29, 1.82) is 0 Å². The summed E-state index contributed by atoms with van der Waals surface area (Å²) in [7, 11) is 0. The van der Waals surface area contributed by atoms with Crippen LogP contribution in [0.2, 0.25) is 0 Å². The van der Waals surface area contributed by atoms with Gasteiger partial charge in [-0.25, -0.2) is 0 Å². The molecule has 0 saturated carbocycles. The van der Waals surface area contributed by atoms with Gasteiger partial charge in [-0.2, -0.15) is 0 Å². The van der Waals surface area contributed by atoms with Crippen molar-refractivity contribution < 1.29 is 9.53 Å². The van der Waals surface area contributed by atoms with Crippen molar-refractivity contribution >= 4 is 22.4 Å². The van der Waals surface area contributed by atoms with Gasteiger partial charge in [0.05, 0.1) is 13.0 Å². The van der Waals surface area contributed by atoms with Gasteiger partial charge in [0.2, 0.25) is 11.0 Å². The predicted octanol–water partition coefficient (Wildman–Crippen LogP) is 2.90. The van der Waals surface area contributed by atoms with Crippen LogP contribution in [0, 0.1) is 0 Å². The Bertz CT molecular complexity index is 542. The number of nitrogens with one attached hydrogen (secondary N) is 1. The Labute approximate surface area is 122 Å². The predicted molar refractivity (Wildman–Crippen MR) is 79.1 cm³/mol. The number of hydrogen-bond donors (Lipinski definition) is 1. The van der Waals surface area contributed by atoms with Crippen LogP contribution in [0.15, 0.2) is 30.3 Å². The molecule has 0 radical (unpaired) electrons. The molecule has 20 heavy (non-hydrogen) atoms. The number of carbonyl (C=O) groups excluding carboxylic acids is 1. The van der Waals surface area contributed by atoms with E-state index in [2.05, 4.69) is 22.4 Å². The van der Waals surface area contributed by atoms with Gasteiger partial charge in [-0.1, -0.05) is 36.5 Å². The van der Waals surface area contributed by atoms with Crippen molar-refractivity contribution in [3.63, 3.8) is 0 Å². The SMILES string of the molecule is CCCc1nnc(NC(=O)CCOc2ccccc2)s1. The van der Waals surface area contributed by atoms with E-state index in [1.807, 2.05) is 30.3 Å². The van der Waals surface area contributed by atoms with Crippen LogP contribution >= 0.6 is 11.3 Å². The summed E-state index contributed by atoms with van der Waals surface area (Å²) in [6.07, 6.45) is 2.20. The molecule has 0 atom stereocenters. The van der Waals surface area contributed by atoms with Gasteiger partial charge < -0.3 is 10.1 Å². The summed E-state index contributed by atoms with van der Waals surface area (Å²) < 4.78 is 5.46. The quantitative estimate of drug-likeness (QED) is 0.852. The first-order chi connectivity index (χ1) is 9.78. The highest BCUT2D eigenvalue weighted by Gasteiger charge is 2.07. The van der Waals surface area contributed by atoms with Gasteiger partial charge in [-0.3, -0.25) is 4.79 Å². The van der Waals surface area contributed by atoms with Crippen LogP contribution in [0.3, 0.4) is 0 Å². The summed E-state index contributed by atoms with van der Waals surface area (Å²) in [5.41, 5.74) is 0. The normalized spacial score (nSPS) is 10.2. The average Bonchev–Trinajstić information content (AvgIpc) is 2.88. The minimum Gasteiger partial charge on any atom is -0.493 e. The monoisotopic (exact) mass is 291 g/mol. The maximum absolute atomic E-state index is 11.7. The second-order valence-corrected chi connectivity index (χ2v) is 5.27. The van der Waals surface area contributed by atoms with Crippen LogP contribution in [-0.4, -0.2) is 22.7 Å². The van der Waals surface area contributed by atoms with Crippen LogP contribution in [-0.2, 0) is 11.2 Å². The number of anilines is 1. The number of benzene rings is 1. The highest BCUT2D eigenvalue weighted by Crippen LogP contribution is 2.16. The molecule has 0 spiro atoms. The third kappa shape index (κ3) is 4.62. The Hall–Kier alpha value is -1.95. The molecular weight excluding hydrogens is 274 g/mol. The van der Waals surface area contributed by atoms with Crippen LogP contribution in [0.4, 0.5) is 5.13 Å². The molecule has 0 fully saturated rings. The molecule has 1 amide bonds. The second kappa shape index (κ2) is 7.59. The first-order valence-corrected chi connectivity index (χ1v) is 7.39. The fourth-order valence-electron chi connectivity index (χ4n) is 1.58. The number of aryl methyl sites for hydroxylation is 1. The van der Waals surface area contributed by atoms with Crippen molar-refractivity contribution in [1.82, 2.24) is 10.2 Å². The molecule has 1 aromatic carbocycles. The topological polar surface area (TPSA) is 64.1 Å². The number of aromatic nitrogens is 2. The van der Waals surface area contributed by atoms with Crippen molar-refractivity contribution in [3.05, 3.63) is 35.3 Å². The van der Waals surface area contributed by atoms with E-state index in [9.17, 15) is 4.79 Å². The number of hydrogen-bond acceptors (Lipinski definition) is 5. The fourth-order valence-corrected chi connectivity index (χ4v) is 2.44. The van der Waals surface area contributed by atoms with Crippen molar-refractivity contribution in [3.8, 4) is 5.75 Å². The smallest absolute Gasteiger partial charge is 0.229 e. The largest absolute Gasteiger partial charge is 0.493 e. The van der Waals surface area contributed by atoms with Crippen LogP contribution in [0.1, 0.15) is 24.8 Å². The lowest BCUT2D eigenvalue weighted by Gasteiger charge is -2.05. The minimum atomic E-state index is -0.111. The number of ether oxygens (including phenoxy) is 1. The fraction of sp³-hybridized carbons (Fsp3) is 0.357. The summed E-state index contributed by atoms with van der Waals surface area (Å²) in [6, 6.07) is 9.43. The van der Waals surface area contributed by atoms with Crippen LogP contribution in [0.5, 0.6) is 5.75 Å². The molecule has 106 valence electrons. The van der Waals surface area contributed by atoms with E-state index < -0.39 is 0 Å². The summed E-state index contributed by atoms with van der Waals surface area (Å²) in [4.78, 5) is 11.7. The molecule has 1 aromatic heterocycles. The van der Waals surface area contributed by atoms with E-state index in [-0.39, 0.29) is 12.3 Å². The lowest BCUT2D eigenvalue weighted by atomic mass is 10.3. The maximum atomic E-state index is 11.7. The van der Waals surface area contributed by atoms with Gasteiger partial charge in [0, 0.05) is 6.42 Å². The molecule has 2 rings (SSSR count). The first kappa shape index (κ1) is 14.5. The Balaban J connectivity index is 1.72. The van der Waals surface area contributed by atoms with E-state index in [0.717, 1.165) is 23.6 Å². The van der Waals surface area contributed by atoms with E-state index in [4.69, 9.17) is 4.74 Å². The molecule has 0 saturated heterocycles. The highest BCUT2D eigenvalue weighted by molar-refractivity contribution is 7.15. The number of carbonyl (C=O) groups is 1. The first-order valence-electron chi connectivity index (χ1n) is 6.58. The lowest BCUT2D eigenvalue weighted by Crippen LogP contribution is -2.15. The van der Waals surface area contributed by atoms with Gasteiger partial charge in [-0.05, 0) is 18.6 Å². The van der Waals surface area contributed by atoms with Gasteiger partial charge >= 0.3 is 0 Å². The molecule has 0 aliphatic rings. The zero-order chi connectivity index (χ0) is 14.2. The summed E-state index contributed by atoms with van der Waals surface area (Å²) >= 11 is 1.42. The third-order valence-electron chi connectivity index (χ3n) is 2.52. The summed E-state index contributed by atoms with van der Waals surface area (Å²) in [5.74, 6) is 0.654. The summed E-state index contributed by atoms with van der Waals surface area (Å²) in [5, 5.41) is 12.2. The van der Waals surface area contributed by atoms with E-state index in [1.165, 1.54) is 11.3 Å². The van der Waals surface area contributed by atoms with Gasteiger partial charge in [0.1, 0.15) is 10.8 Å². The van der Waals surface area contributed by atoms with Gasteiger partial charge in [0.15, 0.2) is 0 Å². The second-order valence-electron chi connectivity index (χ2n) is 4.21. The Morgan fingerprint density at radius 3 is 2.85 bits per heavy atom. The van der Waals surface area contributed by atoms with Crippen molar-refractivity contribution in [2.24, 2.45) is 0 Å². The number of para-hydroxylation sites is 1. The number of amides is 1. The standard InChI is InChI=1S/C14H17N3O2S/c1-2-6-13-16-17-14(20-13)15-12(18)9-10-19-11-7-4-3-5-8-11/h3-5,7-8H,2,6,9-10H2,1H3,(H,15,17,18). The van der Waals surface area contributed by atoms with Crippen molar-refractivity contribution in [2.45, 2.75) is 26.2 Å². The molecule has 0 aliphatic heterocycles. The lowest BCUT2D eigenvalue weighted by molar-refractivity contribution is -0.116. The molecule has 0 bridgehead atoms. The zero-order valence-corrected chi connectivity index (χ0v) is 12.2. The average molecular weight is 291 g/mol. The minimum absolute atomic E-state index is 0.111. The zero-order valence-electron chi connectivity index (χ0n) is 11.3. The molecule has 6 heteroatoms. The van der Waals surface area contributed by atoms with E-state index in [1.54, 1.807) is 0 Å². The molecular formula is C14H17N3O2S. The van der Waals surface area contributed by atoms with Gasteiger partial charge in [-0.15, -0.1) is 10.2 Å². The molecule has 1 N–H and O–H groups in total. The van der Waals surface area contributed by atoms with E-state index in [0.29, 0.717) is 11.7 Å². The Morgan fingerprint density at radius 2 is 2.10 bits per heavy atom. The molecule has 0 aliphatic carbocycles. The van der Waals surface area contributed by atoms with E-state index >= 15 is 0 Å². The van der Waals surface area contributed by atoms with Gasteiger partial charge in [0.25, 0.3) is 0 Å². The van der Waals surface area contributed by atoms with Crippen molar-refractivity contribution in [2.75, 3.05) is 11.9 Å². The van der Waals surface area contributed by atoms with Crippen LogP contribution < -0.4 is 10.1 Å². The molecule has 1 heterocycles. The molecule has 5 nitrogen and oxygen atoms in total. The highest BCUT2D eigenvalue weighted by atomic mass is 32.1. The number of nitrogens with zero attached hydrogens (tertiary/aromatic N) is 2. The Kier molecular flexibility index (Phi) is 5.49. The molecule has 0 unspecified atom stereocenters. The van der Waals surface area contributed by atoms with Crippen LogP contribution in [0.25, 0.3) is 0 Å². The molecule has 2 aromatic rings. The Morgan fingerprint density at radius 1 is 1.30 bits per heavy atom. The third-order valence-corrected chi connectivity index (χ3v) is 3.42. The number of rotatable bonds is 7. The summed E-state index contributed by atoms with van der Waals surface area (Å²) in [6.45, 7) is 2.43.